The molecule has 0 aromatic carbocycles. The van der Waals surface area contributed by atoms with Crippen LogP contribution in [-0.4, -0.2) is 43.6 Å². The normalized spacial score (nSPS) is 13.3. The Hall–Kier alpha value is -1.57. The first-order chi connectivity index (χ1) is 10.6. The molecule has 0 unspecified atom stereocenters. The van der Waals surface area contributed by atoms with E-state index in [0.717, 1.165) is 10.6 Å². The predicted octanol–water partition coefficient (Wildman–Crippen LogP) is 2.29. The summed E-state index contributed by atoms with van der Waals surface area (Å²) >= 11 is 0. The lowest BCUT2D eigenvalue weighted by atomic mass is 9.94. The van der Waals surface area contributed by atoms with E-state index in [1.807, 2.05) is 13.8 Å². The molecular weight excluding hydrogens is 334 g/mol. The van der Waals surface area contributed by atoms with Crippen molar-refractivity contribution in [3.05, 3.63) is 12.5 Å². The molecule has 0 bridgehead atoms. The number of carbonyl (C=O) groups excluding carboxylic acids is 2. The highest BCUT2D eigenvalue weighted by Gasteiger charge is 2.29. The van der Waals surface area contributed by atoms with E-state index in [4.69, 9.17) is 9.47 Å². The second-order valence-corrected chi connectivity index (χ2v) is 9.18. The summed E-state index contributed by atoms with van der Waals surface area (Å²) in [7, 11) is -2.35. The average Bonchev–Trinajstić information content (AvgIpc) is 2.32. The van der Waals surface area contributed by atoms with Gasteiger partial charge in [0.1, 0.15) is 5.60 Å². The molecule has 0 aliphatic carbocycles. The first-order valence-corrected chi connectivity index (χ1v) is 9.54. The number of hydrogen-bond acceptors (Lipinski definition) is 6. The molecule has 24 heavy (non-hydrogen) atoms. The summed E-state index contributed by atoms with van der Waals surface area (Å²) in [6.07, 6.45) is 1.25. The van der Waals surface area contributed by atoms with Gasteiger partial charge in [0, 0.05) is 7.05 Å². The summed E-state index contributed by atoms with van der Waals surface area (Å²) < 4.78 is 33.9. The SMILES string of the molecule is C=C(OC(=O)[C@@H](CC(=O)OC(C)(C)C)CC(C)C)N(C)S(C)(=O)=O. The highest BCUT2D eigenvalue weighted by molar-refractivity contribution is 7.88. The Morgan fingerprint density at radius 2 is 1.71 bits per heavy atom. The average molecular weight is 363 g/mol. The lowest BCUT2D eigenvalue weighted by Crippen LogP contribution is -2.31. The Balaban J connectivity index is 5.02. The molecule has 7 nitrogen and oxygen atoms in total. The van der Waals surface area contributed by atoms with E-state index < -0.39 is 33.5 Å². The first-order valence-electron chi connectivity index (χ1n) is 7.69. The second kappa shape index (κ2) is 8.50. The molecule has 0 saturated carbocycles. The van der Waals surface area contributed by atoms with Gasteiger partial charge >= 0.3 is 11.9 Å². The first kappa shape index (κ1) is 22.4. The molecule has 0 aliphatic heterocycles. The fourth-order valence-corrected chi connectivity index (χ4v) is 2.27. The van der Waals surface area contributed by atoms with Gasteiger partial charge in [0.25, 0.3) is 0 Å². The molecule has 0 N–H and O–H groups in total. The molecule has 0 heterocycles. The van der Waals surface area contributed by atoms with Gasteiger partial charge in [-0.3, -0.25) is 9.59 Å². The summed E-state index contributed by atoms with van der Waals surface area (Å²) in [6.45, 7) is 12.5. The van der Waals surface area contributed by atoms with Crippen LogP contribution in [0.2, 0.25) is 0 Å². The number of sulfonamides is 1. The highest BCUT2D eigenvalue weighted by atomic mass is 32.2. The largest absolute Gasteiger partial charge is 0.460 e. The van der Waals surface area contributed by atoms with Crippen LogP contribution in [0, 0.1) is 11.8 Å². The zero-order chi connectivity index (χ0) is 19.3. The van der Waals surface area contributed by atoms with Crippen LogP contribution >= 0.6 is 0 Å². The molecule has 0 amide bonds. The Labute approximate surface area is 145 Å². The Kier molecular flexibility index (Phi) is 7.95. The predicted molar refractivity (Wildman–Crippen MR) is 91.2 cm³/mol. The molecule has 140 valence electrons. The lowest BCUT2D eigenvalue weighted by Gasteiger charge is -2.24. The van der Waals surface area contributed by atoms with Crippen molar-refractivity contribution >= 4 is 22.0 Å². The van der Waals surface area contributed by atoms with Crippen LogP contribution in [0.25, 0.3) is 0 Å². The molecule has 0 aliphatic rings. The van der Waals surface area contributed by atoms with Crippen molar-refractivity contribution in [2.45, 2.75) is 53.1 Å². The van der Waals surface area contributed by atoms with Crippen molar-refractivity contribution in [1.29, 1.82) is 0 Å². The van der Waals surface area contributed by atoms with Gasteiger partial charge in [-0.1, -0.05) is 13.8 Å². The zero-order valence-electron chi connectivity index (χ0n) is 15.6. The Morgan fingerprint density at radius 3 is 2.08 bits per heavy atom. The minimum Gasteiger partial charge on any atom is -0.460 e. The molecule has 0 aromatic heterocycles. The fourth-order valence-electron chi connectivity index (χ4n) is 1.86. The monoisotopic (exact) mass is 363 g/mol. The van der Waals surface area contributed by atoms with E-state index in [0.29, 0.717) is 6.42 Å². The van der Waals surface area contributed by atoms with Gasteiger partial charge in [0.15, 0.2) is 0 Å². The van der Waals surface area contributed by atoms with Crippen LogP contribution in [0.1, 0.15) is 47.5 Å². The molecule has 0 spiro atoms. The van der Waals surface area contributed by atoms with E-state index in [9.17, 15) is 18.0 Å². The van der Waals surface area contributed by atoms with Gasteiger partial charge in [-0.25, -0.2) is 12.7 Å². The highest BCUT2D eigenvalue weighted by Crippen LogP contribution is 2.21. The maximum atomic E-state index is 12.3. The summed E-state index contributed by atoms with van der Waals surface area (Å²) in [5, 5.41) is 0. The molecule has 0 saturated heterocycles. The third kappa shape index (κ3) is 8.90. The summed E-state index contributed by atoms with van der Waals surface area (Å²) in [6, 6.07) is 0. The Morgan fingerprint density at radius 1 is 1.21 bits per heavy atom. The molecule has 8 heteroatoms. The summed E-state index contributed by atoms with van der Waals surface area (Å²) in [5.41, 5.74) is -0.649. The van der Waals surface area contributed by atoms with Crippen molar-refractivity contribution in [2.75, 3.05) is 13.3 Å². The van der Waals surface area contributed by atoms with E-state index >= 15 is 0 Å². The molecule has 0 aromatic rings. The summed E-state index contributed by atoms with van der Waals surface area (Å²) in [4.78, 5) is 24.3. The third-order valence-electron chi connectivity index (χ3n) is 2.99. The maximum Gasteiger partial charge on any atom is 0.316 e. The Bertz CT molecular complexity index is 574. The van der Waals surface area contributed by atoms with Crippen LogP contribution in [0.15, 0.2) is 12.5 Å². The second-order valence-electron chi connectivity index (χ2n) is 7.16. The number of ether oxygens (including phenoxy) is 2. The molecule has 0 fully saturated rings. The quantitative estimate of drug-likeness (QED) is 0.485. The van der Waals surface area contributed by atoms with E-state index in [-0.39, 0.29) is 18.2 Å². The minimum atomic E-state index is -3.58. The number of hydrogen-bond donors (Lipinski definition) is 0. The van der Waals surface area contributed by atoms with Gasteiger partial charge in [-0.05, 0) is 39.7 Å². The number of carbonyl (C=O) groups is 2. The van der Waals surface area contributed by atoms with Gasteiger partial charge in [0.05, 0.1) is 18.6 Å². The third-order valence-corrected chi connectivity index (χ3v) is 4.19. The van der Waals surface area contributed by atoms with Gasteiger partial charge < -0.3 is 9.47 Å². The van der Waals surface area contributed by atoms with Crippen LogP contribution in [0.3, 0.4) is 0 Å². The number of esters is 2. The fraction of sp³-hybridized carbons (Fsp3) is 0.750. The molecule has 1 atom stereocenters. The molecular formula is C16H29NO6S. The van der Waals surface area contributed by atoms with Gasteiger partial charge in [-0.15, -0.1) is 0 Å². The van der Waals surface area contributed by atoms with E-state index in [1.54, 1.807) is 20.8 Å². The zero-order valence-corrected chi connectivity index (χ0v) is 16.4. The summed E-state index contributed by atoms with van der Waals surface area (Å²) in [5.74, 6) is -2.10. The van der Waals surface area contributed by atoms with E-state index in [2.05, 4.69) is 6.58 Å². The standard InChI is InChI=1S/C16H29NO6S/c1-11(2)9-13(10-14(18)23-16(4,5)6)15(19)22-12(3)17(7)24(8,20)21/h11,13H,3,9-10H2,1-2,4-8H3/t13-/m1/s1. The maximum absolute atomic E-state index is 12.3. The van der Waals surface area contributed by atoms with Crippen molar-refractivity contribution in [1.82, 2.24) is 4.31 Å². The van der Waals surface area contributed by atoms with E-state index in [1.165, 1.54) is 7.05 Å². The van der Waals surface area contributed by atoms with Crippen LogP contribution < -0.4 is 0 Å². The van der Waals surface area contributed by atoms with Crippen LogP contribution in [0.4, 0.5) is 0 Å². The number of rotatable bonds is 8. The van der Waals surface area contributed by atoms with Crippen molar-refractivity contribution in [3.8, 4) is 0 Å². The topological polar surface area (TPSA) is 90.0 Å². The minimum absolute atomic E-state index is 0.135. The van der Waals surface area contributed by atoms with Crippen molar-refractivity contribution in [3.63, 3.8) is 0 Å². The van der Waals surface area contributed by atoms with Crippen molar-refractivity contribution in [2.24, 2.45) is 11.8 Å². The van der Waals surface area contributed by atoms with Crippen LogP contribution in [-0.2, 0) is 29.1 Å². The smallest absolute Gasteiger partial charge is 0.316 e. The van der Waals surface area contributed by atoms with Gasteiger partial charge in [-0.2, -0.15) is 0 Å². The molecule has 0 rings (SSSR count). The number of nitrogens with zero attached hydrogens (tertiary/aromatic N) is 1. The van der Waals surface area contributed by atoms with Crippen LogP contribution in [0.5, 0.6) is 0 Å². The van der Waals surface area contributed by atoms with Crippen molar-refractivity contribution < 1.29 is 27.5 Å². The lowest BCUT2D eigenvalue weighted by molar-refractivity contribution is -0.161. The molecule has 0 radical (unpaired) electrons. The van der Waals surface area contributed by atoms with Gasteiger partial charge in [0.2, 0.25) is 15.9 Å².